The number of H-pyrrole nitrogens is 1. The van der Waals surface area contributed by atoms with Crippen LogP contribution in [0, 0.1) is 0 Å². The van der Waals surface area contributed by atoms with Gasteiger partial charge >= 0.3 is 6.03 Å². The maximum absolute atomic E-state index is 13.4. The Kier molecular flexibility index (Phi) is 5.85. The van der Waals surface area contributed by atoms with Crippen LogP contribution in [0.4, 0.5) is 16.2 Å². The summed E-state index contributed by atoms with van der Waals surface area (Å²) in [5.41, 5.74) is 5.54. The second kappa shape index (κ2) is 9.21. The van der Waals surface area contributed by atoms with Crippen LogP contribution in [0.15, 0.2) is 48.8 Å². The molecule has 0 bridgehead atoms. The summed E-state index contributed by atoms with van der Waals surface area (Å²) in [6, 6.07) is 12.1. The normalized spacial score (nSPS) is 19.6. The van der Waals surface area contributed by atoms with E-state index in [0.29, 0.717) is 18.8 Å². The minimum atomic E-state index is -0.194. The number of carbonyl (C=O) groups is 2. The predicted molar refractivity (Wildman–Crippen MR) is 142 cm³/mol. The first kappa shape index (κ1) is 23.5. The van der Waals surface area contributed by atoms with Crippen molar-refractivity contribution in [1.29, 1.82) is 0 Å². The molecule has 1 fully saturated rings. The number of para-hydroxylation sites is 1. The van der Waals surface area contributed by atoms with E-state index in [-0.39, 0.29) is 23.4 Å². The molecular formula is C28H33N7O2. The van der Waals surface area contributed by atoms with Crippen molar-refractivity contribution in [2.24, 2.45) is 0 Å². The zero-order valence-corrected chi connectivity index (χ0v) is 21.4. The molecule has 6 rings (SSSR count). The van der Waals surface area contributed by atoms with Gasteiger partial charge in [-0.3, -0.25) is 14.9 Å². The van der Waals surface area contributed by atoms with E-state index in [9.17, 15) is 9.59 Å². The minimum Gasteiger partial charge on any atom is -0.371 e. The molecule has 1 aromatic carbocycles. The fourth-order valence-corrected chi connectivity index (χ4v) is 6.05. The molecule has 0 saturated carbocycles. The first-order valence-corrected chi connectivity index (χ1v) is 13.1. The van der Waals surface area contributed by atoms with Gasteiger partial charge in [-0.1, -0.05) is 32.0 Å². The van der Waals surface area contributed by atoms with Gasteiger partial charge in [0.15, 0.2) is 0 Å². The lowest BCUT2D eigenvalue weighted by atomic mass is 9.83. The van der Waals surface area contributed by atoms with Gasteiger partial charge in [-0.15, -0.1) is 0 Å². The first-order chi connectivity index (χ1) is 17.9. The van der Waals surface area contributed by atoms with Crippen molar-refractivity contribution < 1.29 is 9.59 Å². The molecule has 9 heteroatoms. The second-order valence-corrected chi connectivity index (χ2v) is 11.0. The Morgan fingerprint density at radius 1 is 1.08 bits per heavy atom. The van der Waals surface area contributed by atoms with Crippen molar-refractivity contribution >= 4 is 23.3 Å². The summed E-state index contributed by atoms with van der Waals surface area (Å²) in [7, 11) is 0. The van der Waals surface area contributed by atoms with Gasteiger partial charge < -0.3 is 20.0 Å². The maximum atomic E-state index is 13.4. The van der Waals surface area contributed by atoms with Gasteiger partial charge in [-0.25, -0.2) is 4.79 Å². The summed E-state index contributed by atoms with van der Waals surface area (Å²) in [5, 5.41) is 10.4. The van der Waals surface area contributed by atoms with Crippen LogP contribution < -0.4 is 10.2 Å². The number of urea groups is 1. The molecule has 1 saturated heterocycles. The summed E-state index contributed by atoms with van der Waals surface area (Å²) < 4.78 is 0. The highest BCUT2D eigenvalue weighted by Gasteiger charge is 2.36. The number of nitrogens with one attached hydrogen (secondary N) is 2. The molecule has 2 N–H and O–H groups in total. The summed E-state index contributed by atoms with van der Waals surface area (Å²) in [6.45, 7) is 7.78. The zero-order valence-electron chi connectivity index (χ0n) is 21.4. The molecule has 192 valence electrons. The fourth-order valence-electron chi connectivity index (χ4n) is 6.05. The Balaban J connectivity index is 1.11. The summed E-state index contributed by atoms with van der Waals surface area (Å²) in [4.78, 5) is 37.0. The molecule has 0 radical (unpaired) electrons. The molecule has 3 aromatic rings. The van der Waals surface area contributed by atoms with E-state index in [0.717, 1.165) is 61.5 Å². The highest BCUT2D eigenvalue weighted by molar-refractivity contribution is 5.93. The van der Waals surface area contributed by atoms with Gasteiger partial charge in [-0.05, 0) is 43.0 Å². The Morgan fingerprint density at radius 2 is 1.89 bits per heavy atom. The SMILES string of the molecule is CC1(C)CN(C(=O)c2cc(N3CCC(N4CCc5ccccc5NC4=O)CC3)ccn2)Cc2cn[nH]c21. The molecule has 5 heterocycles. The van der Waals surface area contributed by atoms with Crippen LogP contribution in [0.25, 0.3) is 0 Å². The topological polar surface area (TPSA) is 97.5 Å². The number of anilines is 2. The molecular weight excluding hydrogens is 466 g/mol. The minimum absolute atomic E-state index is 0.00886. The summed E-state index contributed by atoms with van der Waals surface area (Å²) >= 11 is 0. The van der Waals surface area contributed by atoms with Gasteiger partial charge in [0.25, 0.3) is 5.91 Å². The number of hydrogen-bond acceptors (Lipinski definition) is 5. The number of nitrogens with zero attached hydrogens (tertiary/aromatic N) is 5. The fraction of sp³-hybridized carbons (Fsp3) is 0.429. The highest BCUT2D eigenvalue weighted by atomic mass is 16.2. The molecule has 2 aromatic heterocycles. The molecule has 3 aliphatic rings. The van der Waals surface area contributed by atoms with Crippen LogP contribution in [-0.4, -0.2) is 69.1 Å². The lowest BCUT2D eigenvalue weighted by Gasteiger charge is -2.39. The quantitative estimate of drug-likeness (QED) is 0.571. The number of pyridine rings is 1. The van der Waals surface area contributed by atoms with Gasteiger partial charge in [0.2, 0.25) is 0 Å². The number of piperidine rings is 1. The summed E-state index contributed by atoms with van der Waals surface area (Å²) in [6.07, 6.45) is 6.18. The monoisotopic (exact) mass is 499 g/mol. The van der Waals surface area contributed by atoms with E-state index in [2.05, 4.69) is 45.3 Å². The Hall–Kier alpha value is -3.88. The zero-order chi connectivity index (χ0) is 25.6. The van der Waals surface area contributed by atoms with E-state index in [1.807, 2.05) is 46.3 Å². The molecule has 0 aliphatic carbocycles. The van der Waals surface area contributed by atoms with Crippen molar-refractivity contribution in [1.82, 2.24) is 25.0 Å². The molecule has 3 aliphatic heterocycles. The molecule has 37 heavy (non-hydrogen) atoms. The molecule has 9 nitrogen and oxygen atoms in total. The van der Waals surface area contributed by atoms with E-state index in [1.54, 1.807) is 6.20 Å². The number of aromatic nitrogens is 3. The largest absolute Gasteiger partial charge is 0.371 e. The third-order valence-electron chi connectivity index (χ3n) is 8.00. The van der Waals surface area contributed by atoms with Crippen LogP contribution >= 0.6 is 0 Å². The van der Waals surface area contributed by atoms with Crippen LogP contribution in [0.3, 0.4) is 0 Å². The molecule has 0 spiro atoms. The average Bonchev–Trinajstić information content (AvgIpc) is 3.33. The Morgan fingerprint density at radius 3 is 2.73 bits per heavy atom. The third kappa shape index (κ3) is 4.43. The first-order valence-electron chi connectivity index (χ1n) is 13.1. The number of benzene rings is 1. The predicted octanol–water partition coefficient (Wildman–Crippen LogP) is 3.80. The van der Waals surface area contributed by atoms with Gasteiger partial charge in [0.1, 0.15) is 5.69 Å². The van der Waals surface area contributed by atoms with E-state index in [4.69, 9.17) is 0 Å². The van der Waals surface area contributed by atoms with Crippen LogP contribution in [0.5, 0.6) is 0 Å². The van der Waals surface area contributed by atoms with Crippen LogP contribution in [0.2, 0.25) is 0 Å². The van der Waals surface area contributed by atoms with E-state index < -0.39 is 0 Å². The standard InChI is InChI=1S/C28H33N7O2/c1-28(2)18-34(17-20-16-30-32-25(20)28)26(36)24-15-22(7-11-29-24)33-12-9-21(10-13-33)35-14-8-19-5-3-4-6-23(19)31-27(35)37/h3-7,11,15-16,21H,8-10,12-14,17-18H2,1-2H3,(H,30,32)(H,31,37). The molecule has 3 amide bonds. The molecule has 0 unspecified atom stereocenters. The second-order valence-electron chi connectivity index (χ2n) is 11.0. The average molecular weight is 500 g/mol. The lowest BCUT2D eigenvalue weighted by molar-refractivity contribution is 0.0678. The molecule has 0 atom stereocenters. The Labute approximate surface area is 216 Å². The Bertz CT molecular complexity index is 1330. The smallest absolute Gasteiger partial charge is 0.322 e. The lowest BCUT2D eigenvalue weighted by Crippen LogP contribution is -2.49. The number of fused-ring (bicyclic) bond motifs is 2. The van der Waals surface area contributed by atoms with E-state index in [1.165, 1.54) is 5.56 Å². The number of amides is 3. The van der Waals surface area contributed by atoms with Crippen molar-refractivity contribution in [3.05, 3.63) is 71.3 Å². The van der Waals surface area contributed by atoms with Crippen molar-refractivity contribution in [2.75, 3.05) is 36.4 Å². The van der Waals surface area contributed by atoms with Crippen LogP contribution in [0.1, 0.15) is 54.0 Å². The maximum Gasteiger partial charge on any atom is 0.322 e. The van der Waals surface area contributed by atoms with Crippen molar-refractivity contribution in [2.45, 2.75) is 51.1 Å². The highest BCUT2D eigenvalue weighted by Crippen LogP contribution is 2.32. The van der Waals surface area contributed by atoms with Gasteiger partial charge in [0, 0.05) is 73.0 Å². The number of hydrogen-bond donors (Lipinski definition) is 2. The van der Waals surface area contributed by atoms with Crippen LogP contribution in [-0.2, 0) is 18.4 Å². The van der Waals surface area contributed by atoms with E-state index >= 15 is 0 Å². The van der Waals surface area contributed by atoms with Crippen molar-refractivity contribution in [3.8, 4) is 0 Å². The summed E-state index contributed by atoms with van der Waals surface area (Å²) in [5.74, 6) is -0.0579. The third-order valence-corrected chi connectivity index (χ3v) is 8.00. The van der Waals surface area contributed by atoms with Gasteiger partial charge in [-0.2, -0.15) is 5.10 Å². The van der Waals surface area contributed by atoms with Crippen molar-refractivity contribution in [3.63, 3.8) is 0 Å². The van der Waals surface area contributed by atoms with Gasteiger partial charge in [0.05, 0.1) is 6.20 Å². The number of rotatable bonds is 3. The number of aromatic amines is 1. The number of carbonyl (C=O) groups excluding carboxylic acids is 2.